The van der Waals surface area contributed by atoms with Crippen molar-refractivity contribution in [3.05, 3.63) is 28.8 Å². The highest BCUT2D eigenvalue weighted by atomic mass is 35.5. The molecule has 1 aromatic carbocycles. The molecule has 0 unspecified atom stereocenters. The van der Waals surface area contributed by atoms with Crippen LogP contribution in [0, 0.1) is 0 Å². The Morgan fingerprint density at radius 2 is 2.00 bits per heavy atom. The van der Waals surface area contributed by atoms with Crippen LogP contribution in [0.15, 0.2) is 18.2 Å². The highest BCUT2D eigenvalue weighted by Gasteiger charge is 2.10. The number of methoxy groups -OCH3 is 1. The van der Waals surface area contributed by atoms with Crippen molar-refractivity contribution in [3.63, 3.8) is 0 Å². The van der Waals surface area contributed by atoms with Crippen LogP contribution in [0.5, 0.6) is 11.5 Å². The molecule has 1 rings (SSSR count). The average Bonchev–Trinajstić information content (AvgIpc) is 2.56. The minimum absolute atomic E-state index is 0.0588. The Morgan fingerprint density at radius 1 is 1.25 bits per heavy atom. The third kappa shape index (κ3) is 6.50. The molecule has 0 saturated carbocycles. The largest absolute Gasteiger partial charge is 0.491 e. The molecule has 0 radical (unpaired) electrons. The van der Waals surface area contributed by atoms with E-state index in [2.05, 4.69) is 10.6 Å². The molecule has 0 atom stereocenters. The number of nitrogens with one attached hydrogen (secondary N) is 2. The minimum Gasteiger partial charge on any atom is -0.491 e. The van der Waals surface area contributed by atoms with E-state index in [1.165, 1.54) is 13.2 Å². The summed E-state index contributed by atoms with van der Waals surface area (Å²) in [7, 11) is 1.51. The molecule has 1 aromatic rings. The molecule has 0 fully saturated rings. The third-order valence-electron chi connectivity index (χ3n) is 2.96. The topological polar surface area (TPSA) is 76.7 Å². The lowest BCUT2D eigenvalue weighted by Gasteiger charge is -2.11. The maximum Gasteiger partial charge on any atom is 0.244 e. The zero-order valence-electron chi connectivity index (χ0n) is 14.1. The molecule has 0 spiro atoms. The van der Waals surface area contributed by atoms with Crippen molar-refractivity contribution in [1.82, 2.24) is 10.6 Å². The van der Waals surface area contributed by atoms with Gasteiger partial charge in [0.05, 0.1) is 25.3 Å². The molecular weight excluding hydrogens is 332 g/mol. The Balaban J connectivity index is 2.69. The highest BCUT2D eigenvalue weighted by molar-refractivity contribution is 6.32. The number of ether oxygens (including phenoxy) is 2. The Morgan fingerprint density at radius 3 is 2.62 bits per heavy atom. The fourth-order valence-electron chi connectivity index (χ4n) is 1.87. The smallest absolute Gasteiger partial charge is 0.244 e. The van der Waals surface area contributed by atoms with E-state index in [1.807, 2.05) is 13.8 Å². The molecule has 0 heterocycles. The quantitative estimate of drug-likeness (QED) is 0.668. The lowest BCUT2D eigenvalue weighted by atomic mass is 10.2. The molecule has 0 aromatic heterocycles. The van der Waals surface area contributed by atoms with Crippen LogP contribution in [0.1, 0.15) is 25.8 Å². The normalized spacial score (nSPS) is 10.5. The zero-order chi connectivity index (χ0) is 17.9. The Labute approximate surface area is 147 Å². The molecule has 6 nitrogen and oxygen atoms in total. The summed E-state index contributed by atoms with van der Waals surface area (Å²) in [4.78, 5) is 23.2. The van der Waals surface area contributed by atoms with E-state index in [0.29, 0.717) is 35.2 Å². The molecule has 0 saturated heterocycles. The van der Waals surface area contributed by atoms with Crippen LogP contribution in [0.4, 0.5) is 0 Å². The second kappa shape index (κ2) is 10.5. The van der Waals surface area contributed by atoms with Crippen LogP contribution in [0.2, 0.25) is 5.02 Å². The van der Waals surface area contributed by atoms with E-state index in [1.54, 1.807) is 18.2 Å². The van der Waals surface area contributed by atoms with E-state index in [9.17, 15) is 9.59 Å². The van der Waals surface area contributed by atoms with Gasteiger partial charge in [-0.2, -0.15) is 0 Å². The van der Waals surface area contributed by atoms with Crippen molar-refractivity contribution in [2.75, 3.05) is 26.8 Å². The predicted octanol–water partition coefficient (Wildman–Crippen LogP) is 2.40. The van der Waals surface area contributed by atoms with E-state index < -0.39 is 0 Å². The summed E-state index contributed by atoms with van der Waals surface area (Å²) in [5, 5.41) is 5.58. The predicted molar refractivity (Wildman–Crippen MR) is 94.5 cm³/mol. The number of halogens is 1. The Kier molecular flexibility index (Phi) is 8.71. The monoisotopic (exact) mass is 354 g/mol. The van der Waals surface area contributed by atoms with Crippen LogP contribution in [0.25, 0.3) is 6.08 Å². The lowest BCUT2D eigenvalue weighted by Crippen LogP contribution is -2.36. The van der Waals surface area contributed by atoms with Crippen LogP contribution < -0.4 is 20.1 Å². The van der Waals surface area contributed by atoms with Gasteiger partial charge in [0.15, 0.2) is 11.5 Å². The van der Waals surface area contributed by atoms with Crippen molar-refractivity contribution in [3.8, 4) is 11.5 Å². The summed E-state index contributed by atoms with van der Waals surface area (Å²) in [6.07, 6.45) is 3.77. The number of rotatable bonds is 9. The van der Waals surface area contributed by atoms with Gasteiger partial charge in [0.25, 0.3) is 0 Å². The SMILES string of the molecule is CCCNC(=O)CNC(=O)/C=C/c1cc(Cl)c(OC)c(OCC)c1. The first-order valence-corrected chi connectivity index (χ1v) is 8.12. The van der Waals surface area contributed by atoms with Crippen LogP contribution >= 0.6 is 11.6 Å². The van der Waals surface area contributed by atoms with Gasteiger partial charge in [0, 0.05) is 12.6 Å². The zero-order valence-corrected chi connectivity index (χ0v) is 14.9. The van der Waals surface area contributed by atoms with Crippen molar-refractivity contribution >= 4 is 29.5 Å². The molecule has 0 aliphatic carbocycles. The fourth-order valence-corrected chi connectivity index (χ4v) is 2.17. The van der Waals surface area contributed by atoms with Gasteiger partial charge in [0.2, 0.25) is 11.8 Å². The highest BCUT2D eigenvalue weighted by Crippen LogP contribution is 2.36. The summed E-state index contributed by atoms with van der Waals surface area (Å²) in [5.41, 5.74) is 0.690. The van der Waals surface area contributed by atoms with Gasteiger partial charge in [-0.15, -0.1) is 0 Å². The molecule has 24 heavy (non-hydrogen) atoms. The fraction of sp³-hybridized carbons (Fsp3) is 0.412. The van der Waals surface area contributed by atoms with Crippen LogP contribution in [-0.2, 0) is 9.59 Å². The maximum atomic E-state index is 11.7. The van der Waals surface area contributed by atoms with Crippen molar-refractivity contribution < 1.29 is 19.1 Å². The van der Waals surface area contributed by atoms with E-state index in [0.717, 1.165) is 6.42 Å². The molecule has 7 heteroatoms. The number of carbonyl (C=O) groups is 2. The maximum absolute atomic E-state index is 11.7. The molecule has 2 N–H and O–H groups in total. The molecule has 2 amide bonds. The number of amides is 2. The molecule has 0 aliphatic rings. The first-order chi connectivity index (χ1) is 11.5. The van der Waals surface area contributed by atoms with E-state index in [-0.39, 0.29) is 18.4 Å². The van der Waals surface area contributed by atoms with Gasteiger partial charge >= 0.3 is 0 Å². The Bertz CT molecular complexity index is 602. The summed E-state index contributed by atoms with van der Waals surface area (Å²) in [5.74, 6) is 0.371. The van der Waals surface area contributed by atoms with Gasteiger partial charge in [-0.1, -0.05) is 18.5 Å². The first-order valence-electron chi connectivity index (χ1n) is 7.74. The number of benzene rings is 1. The van der Waals surface area contributed by atoms with Gasteiger partial charge in [0.1, 0.15) is 0 Å². The standard InChI is InChI=1S/C17H23ClN2O4/c1-4-8-19-16(22)11-20-15(21)7-6-12-9-13(18)17(23-3)14(10-12)24-5-2/h6-7,9-10H,4-5,8,11H2,1-3H3,(H,19,22)(H,20,21)/b7-6+. The van der Waals surface area contributed by atoms with Crippen LogP contribution in [0.3, 0.4) is 0 Å². The third-order valence-corrected chi connectivity index (χ3v) is 3.24. The molecule has 0 aliphatic heterocycles. The summed E-state index contributed by atoms with van der Waals surface area (Å²) < 4.78 is 10.7. The number of hydrogen-bond acceptors (Lipinski definition) is 4. The van der Waals surface area contributed by atoms with Crippen molar-refractivity contribution in [2.24, 2.45) is 0 Å². The second-order valence-electron chi connectivity index (χ2n) is 4.87. The van der Waals surface area contributed by atoms with E-state index in [4.69, 9.17) is 21.1 Å². The van der Waals surface area contributed by atoms with Gasteiger partial charge < -0.3 is 20.1 Å². The molecule has 132 valence electrons. The number of hydrogen-bond donors (Lipinski definition) is 2. The lowest BCUT2D eigenvalue weighted by molar-refractivity contribution is -0.123. The van der Waals surface area contributed by atoms with Gasteiger partial charge in [-0.3, -0.25) is 9.59 Å². The van der Waals surface area contributed by atoms with Gasteiger partial charge in [-0.05, 0) is 37.1 Å². The molecule has 0 bridgehead atoms. The van der Waals surface area contributed by atoms with Crippen molar-refractivity contribution in [1.29, 1.82) is 0 Å². The first kappa shape index (κ1) is 19.8. The van der Waals surface area contributed by atoms with Gasteiger partial charge in [-0.25, -0.2) is 0 Å². The van der Waals surface area contributed by atoms with Crippen LogP contribution in [-0.4, -0.2) is 38.6 Å². The Hall–Kier alpha value is -2.21. The number of carbonyl (C=O) groups excluding carboxylic acids is 2. The average molecular weight is 355 g/mol. The summed E-state index contributed by atoms with van der Waals surface area (Å²) in [6, 6.07) is 3.40. The van der Waals surface area contributed by atoms with Crippen molar-refractivity contribution in [2.45, 2.75) is 20.3 Å². The molecular formula is C17H23ClN2O4. The summed E-state index contributed by atoms with van der Waals surface area (Å²) in [6.45, 7) is 4.81. The second-order valence-corrected chi connectivity index (χ2v) is 5.28. The summed E-state index contributed by atoms with van der Waals surface area (Å²) >= 11 is 6.14. The minimum atomic E-state index is -0.369. The van der Waals surface area contributed by atoms with E-state index >= 15 is 0 Å².